The van der Waals surface area contributed by atoms with Crippen molar-refractivity contribution >= 4 is 24.1 Å². The molecule has 2 aliphatic heterocycles. The molecule has 2 atom stereocenters. The van der Waals surface area contributed by atoms with Gasteiger partial charge in [0, 0.05) is 6.92 Å². The van der Waals surface area contributed by atoms with Crippen LogP contribution < -0.4 is 10.6 Å². The number of primary amides is 2. The van der Waals surface area contributed by atoms with Gasteiger partial charge in [0.2, 0.25) is 0 Å². The Hall–Kier alpha value is -2.09. The summed E-state index contributed by atoms with van der Waals surface area (Å²) in [6.45, 7) is 1.79. The Bertz CT molecular complexity index is 455. The minimum absolute atomic E-state index is 0. The van der Waals surface area contributed by atoms with E-state index in [9.17, 15) is 9.59 Å². The Kier molecular flexibility index (Phi) is 13.5. The Labute approximate surface area is 150 Å². The van der Waals surface area contributed by atoms with E-state index in [4.69, 9.17) is 14.9 Å². The summed E-state index contributed by atoms with van der Waals surface area (Å²) in [5, 5.41) is 9.97. The molecular weight excluding hydrogens is 417 g/mol. The van der Waals surface area contributed by atoms with Crippen molar-refractivity contribution in [1.29, 1.82) is 5.26 Å². The quantitative estimate of drug-likeness (QED) is 0.190. The molecule has 6 N–H and O–H groups in total. The predicted octanol–water partition coefficient (Wildman–Crippen LogP) is -4.31. The summed E-state index contributed by atoms with van der Waals surface area (Å²) in [4.78, 5) is 38.8. The number of carbonyl (C=O) groups excluding carboxylic acids is 4. The number of carbonyl (C=O) groups is 2. The fraction of sp³-hybridized carbons (Fsp3) is 0.583. The minimum atomic E-state index is -0.440. The Morgan fingerprint density at radius 3 is 1.54 bits per heavy atom. The third kappa shape index (κ3) is 9.14. The van der Waals surface area contributed by atoms with Crippen LogP contribution in [-0.2, 0) is 48.0 Å². The standard InChI is InChI=1S/2C5H7NO4.C2H3N.Rh/c2*1-9-4(7)3-2-10-5(8)6-3;1-2-3;/h2*3H,2H2,1H3,(H,6,8);1H3;/q;;;+2/p+4. The van der Waals surface area contributed by atoms with Gasteiger partial charge in [-0.2, -0.15) is 15.9 Å². The molecule has 135 valence electrons. The number of nitrogens with zero attached hydrogens (tertiary/aromatic N) is 1. The van der Waals surface area contributed by atoms with Gasteiger partial charge in [-0.1, -0.05) is 0 Å². The number of nitriles is 1. The van der Waals surface area contributed by atoms with Crippen LogP contribution in [-0.4, -0.2) is 73.2 Å². The van der Waals surface area contributed by atoms with Gasteiger partial charge in [0.15, 0.2) is 0 Å². The zero-order valence-electron chi connectivity index (χ0n) is 13.3. The zero-order chi connectivity index (χ0) is 17.8. The molecule has 0 aromatic carbocycles. The number of nitrogens with two attached hydrogens (primary N) is 2. The van der Waals surface area contributed by atoms with Crippen molar-refractivity contribution in [2.45, 2.75) is 19.0 Å². The molecule has 0 aromatic heterocycles. The van der Waals surface area contributed by atoms with Crippen LogP contribution in [0.15, 0.2) is 0 Å². The molecule has 11 nitrogen and oxygen atoms in total. The topological polar surface area (TPSA) is 171 Å². The van der Waals surface area contributed by atoms with Crippen LogP contribution in [0.2, 0.25) is 0 Å². The van der Waals surface area contributed by atoms with Crippen LogP contribution in [0.4, 0.5) is 0 Å². The number of cyclic esters (lactones) is 2. The van der Waals surface area contributed by atoms with Crippen molar-refractivity contribution in [3.8, 4) is 6.07 Å². The Morgan fingerprint density at radius 1 is 1.08 bits per heavy atom. The van der Waals surface area contributed by atoms with Crippen LogP contribution >= 0.6 is 0 Å². The summed E-state index contributed by atoms with van der Waals surface area (Å²) in [6, 6.07) is 0.870. The summed E-state index contributed by atoms with van der Waals surface area (Å²) in [7, 11) is 2.59. The molecule has 24 heavy (non-hydrogen) atoms. The molecule has 2 unspecified atom stereocenters. The normalized spacial score (nSPS) is 20.4. The summed E-state index contributed by atoms with van der Waals surface area (Å²) in [5.41, 5.74) is 0. The summed E-state index contributed by atoms with van der Waals surface area (Å²) in [5.74, 6) is -0.770. The van der Waals surface area contributed by atoms with Crippen molar-refractivity contribution in [2.75, 3.05) is 27.4 Å². The molecule has 2 amide bonds. The van der Waals surface area contributed by atoms with E-state index in [1.54, 1.807) is 6.07 Å². The molecule has 12 heteroatoms. The molecule has 0 bridgehead atoms. The average Bonchev–Trinajstić information content (AvgIpc) is 3.16. The largest absolute Gasteiger partial charge is 2.00 e. The van der Waals surface area contributed by atoms with Crippen LogP contribution in [0.25, 0.3) is 0 Å². The van der Waals surface area contributed by atoms with Gasteiger partial charge in [-0.05, 0) is 0 Å². The van der Waals surface area contributed by atoms with Gasteiger partial charge in [-0.25, -0.2) is 9.59 Å². The maximum Gasteiger partial charge on any atom is 2.00 e. The second kappa shape index (κ2) is 13.4. The van der Waals surface area contributed by atoms with Gasteiger partial charge in [0.1, 0.15) is 0 Å². The van der Waals surface area contributed by atoms with Gasteiger partial charge in [0.25, 0.3) is 25.3 Å². The number of quaternary nitrogens is 2. The van der Waals surface area contributed by atoms with Crippen molar-refractivity contribution in [3.63, 3.8) is 0 Å². The number of rotatable bonds is 2. The summed E-state index contributed by atoms with van der Waals surface area (Å²) >= 11 is 0. The SMILES string of the molecule is CC#N.COC(=O)C1COC(=[OH+])[NH2+]1.COC(=O)C1COC(=[OH+])[NH2+]1.[Rh+2]. The molecule has 2 fully saturated rings. The van der Waals surface area contributed by atoms with Crippen molar-refractivity contribution in [1.82, 2.24) is 0 Å². The van der Waals surface area contributed by atoms with E-state index in [0.29, 0.717) is 0 Å². The Morgan fingerprint density at radius 2 is 1.38 bits per heavy atom. The van der Waals surface area contributed by atoms with E-state index in [-0.39, 0.29) is 56.8 Å². The zero-order valence-corrected chi connectivity index (χ0v) is 15.0. The molecule has 2 saturated heterocycles. The molecule has 0 aliphatic carbocycles. The smallest absolute Gasteiger partial charge is 0.464 e. The van der Waals surface area contributed by atoms with Crippen molar-refractivity contribution in [2.24, 2.45) is 0 Å². The predicted molar refractivity (Wildman–Crippen MR) is 72.5 cm³/mol. The maximum absolute atomic E-state index is 10.7. The first kappa shape index (κ1) is 24.2. The van der Waals surface area contributed by atoms with E-state index in [1.807, 2.05) is 0 Å². The minimum Gasteiger partial charge on any atom is -0.464 e. The number of methoxy groups -OCH3 is 2. The third-order valence-corrected chi connectivity index (χ3v) is 2.52. The number of hydrogen-bond donors (Lipinski definition) is 2. The van der Waals surface area contributed by atoms with Crippen LogP contribution in [0, 0.1) is 11.3 Å². The molecule has 0 aromatic rings. The van der Waals surface area contributed by atoms with Gasteiger partial charge in [-0.3, -0.25) is 19.1 Å². The van der Waals surface area contributed by atoms with Crippen LogP contribution in [0.5, 0.6) is 0 Å². The van der Waals surface area contributed by atoms with Crippen LogP contribution in [0.3, 0.4) is 0 Å². The fourth-order valence-electron chi connectivity index (χ4n) is 1.46. The molecule has 2 aliphatic rings. The average molecular weight is 438 g/mol. The second-order valence-corrected chi connectivity index (χ2v) is 4.11. The number of esters is 2. The van der Waals surface area contributed by atoms with Crippen molar-refractivity contribution < 1.29 is 68.2 Å². The van der Waals surface area contributed by atoms with Gasteiger partial charge >= 0.3 is 43.6 Å². The van der Waals surface area contributed by atoms with E-state index >= 15 is 0 Å². The third-order valence-electron chi connectivity index (χ3n) is 2.52. The first-order valence-electron chi connectivity index (χ1n) is 6.43. The molecule has 2 heterocycles. The van der Waals surface area contributed by atoms with Crippen molar-refractivity contribution in [3.05, 3.63) is 0 Å². The molecular formula is C12H21N3O8Rh+6. The number of amides is 2. The maximum atomic E-state index is 10.7. The van der Waals surface area contributed by atoms with E-state index in [2.05, 4.69) is 18.9 Å². The monoisotopic (exact) mass is 438 g/mol. The van der Waals surface area contributed by atoms with Gasteiger partial charge in [0.05, 0.1) is 20.3 Å². The van der Waals surface area contributed by atoms with Gasteiger partial charge in [-0.15, -0.1) is 0 Å². The summed E-state index contributed by atoms with van der Waals surface area (Å²) in [6.07, 6.45) is -0.397. The van der Waals surface area contributed by atoms with E-state index in [0.717, 1.165) is 0 Å². The molecule has 0 spiro atoms. The van der Waals surface area contributed by atoms with E-state index < -0.39 is 12.1 Å². The van der Waals surface area contributed by atoms with Gasteiger partial charge < -0.3 is 9.47 Å². The number of hydrogen-bond acceptors (Lipinski definition) is 7. The van der Waals surface area contributed by atoms with E-state index in [1.165, 1.54) is 31.8 Å². The second-order valence-electron chi connectivity index (χ2n) is 4.11. The molecule has 2 rings (SSSR count). The Balaban J connectivity index is 0. The first-order valence-corrected chi connectivity index (χ1v) is 6.43. The fourth-order valence-corrected chi connectivity index (χ4v) is 1.46. The summed E-state index contributed by atoms with van der Waals surface area (Å²) < 4.78 is 18.0. The number of ether oxygens (including phenoxy) is 4. The molecule has 0 saturated carbocycles. The van der Waals surface area contributed by atoms with Crippen LogP contribution in [0.1, 0.15) is 6.92 Å². The molecule has 1 radical (unpaired) electrons. The first-order chi connectivity index (χ1) is 10.9.